The highest BCUT2D eigenvalue weighted by Gasteiger charge is 2.13. The third-order valence-corrected chi connectivity index (χ3v) is 2.81. The fourth-order valence-corrected chi connectivity index (χ4v) is 1.86. The number of aromatic nitrogens is 1. The molecule has 0 unspecified atom stereocenters. The summed E-state index contributed by atoms with van der Waals surface area (Å²) in [4.78, 5) is 16.3. The number of thiazole rings is 1. The van der Waals surface area contributed by atoms with Crippen molar-refractivity contribution in [2.24, 2.45) is 5.73 Å². The summed E-state index contributed by atoms with van der Waals surface area (Å²) in [6.07, 6.45) is 1.64. The van der Waals surface area contributed by atoms with E-state index in [0.29, 0.717) is 18.0 Å². The highest BCUT2D eigenvalue weighted by atomic mass is 32.1. The molecule has 0 saturated carbocycles. The van der Waals surface area contributed by atoms with E-state index < -0.39 is 0 Å². The van der Waals surface area contributed by atoms with Crippen LogP contribution in [-0.2, 0) is 6.54 Å². The first kappa shape index (κ1) is 10.9. The molecular weight excluding hydrogens is 198 g/mol. The summed E-state index contributed by atoms with van der Waals surface area (Å²) in [7, 11) is 0. The molecule has 0 atom stereocenters. The van der Waals surface area contributed by atoms with Crippen LogP contribution in [0.15, 0.2) is 12.7 Å². The minimum atomic E-state index is -0.111. The molecular formula is C9H13N3OS. The van der Waals surface area contributed by atoms with E-state index in [1.807, 2.05) is 0 Å². The van der Waals surface area contributed by atoms with Crippen LogP contribution in [-0.4, -0.2) is 17.4 Å². The highest BCUT2D eigenvalue weighted by Crippen LogP contribution is 2.17. The third-order valence-electron chi connectivity index (χ3n) is 1.63. The van der Waals surface area contributed by atoms with Crippen molar-refractivity contribution in [2.75, 3.05) is 6.54 Å². The van der Waals surface area contributed by atoms with Crippen molar-refractivity contribution in [3.8, 4) is 0 Å². The largest absolute Gasteiger partial charge is 0.348 e. The van der Waals surface area contributed by atoms with Crippen LogP contribution in [0.5, 0.6) is 0 Å². The number of carbonyl (C=O) groups excluding carboxylic acids is 1. The van der Waals surface area contributed by atoms with Crippen LogP contribution in [0.2, 0.25) is 0 Å². The molecule has 1 heterocycles. The Morgan fingerprint density at radius 1 is 1.79 bits per heavy atom. The maximum absolute atomic E-state index is 11.5. The molecule has 0 aliphatic rings. The van der Waals surface area contributed by atoms with Crippen LogP contribution in [0, 0.1) is 6.92 Å². The minimum Gasteiger partial charge on any atom is -0.348 e. The van der Waals surface area contributed by atoms with E-state index in [2.05, 4.69) is 16.9 Å². The lowest BCUT2D eigenvalue weighted by Gasteiger charge is -1.98. The lowest BCUT2D eigenvalue weighted by Crippen LogP contribution is -2.22. The number of rotatable bonds is 4. The van der Waals surface area contributed by atoms with Gasteiger partial charge in [-0.1, -0.05) is 6.08 Å². The number of amides is 1. The molecule has 0 fully saturated rings. The Morgan fingerprint density at radius 3 is 3.00 bits per heavy atom. The van der Waals surface area contributed by atoms with Gasteiger partial charge >= 0.3 is 0 Å². The average Bonchev–Trinajstić information content (AvgIpc) is 2.56. The monoisotopic (exact) mass is 211 g/mol. The second kappa shape index (κ2) is 4.88. The van der Waals surface area contributed by atoms with Gasteiger partial charge in [-0.3, -0.25) is 4.79 Å². The number of nitrogens with two attached hydrogens (primary N) is 1. The molecule has 1 aromatic rings. The average molecular weight is 211 g/mol. The van der Waals surface area contributed by atoms with Gasteiger partial charge in [0.15, 0.2) is 0 Å². The Balaban J connectivity index is 2.78. The first-order chi connectivity index (χ1) is 6.69. The Kier molecular flexibility index (Phi) is 3.79. The SMILES string of the molecule is C=CCNC(=O)c1sc(CN)nc1C. The summed E-state index contributed by atoms with van der Waals surface area (Å²) in [5.41, 5.74) is 6.17. The molecule has 0 aliphatic heterocycles. The lowest BCUT2D eigenvalue weighted by atomic mass is 10.4. The van der Waals surface area contributed by atoms with Gasteiger partial charge in [0.05, 0.1) is 5.69 Å². The first-order valence-electron chi connectivity index (χ1n) is 4.24. The van der Waals surface area contributed by atoms with Crippen LogP contribution in [0.1, 0.15) is 20.4 Å². The normalized spacial score (nSPS) is 9.86. The van der Waals surface area contributed by atoms with Crippen molar-refractivity contribution in [1.29, 1.82) is 0 Å². The molecule has 1 amide bonds. The summed E-state index contributed by atoms with van der Waals surface area (Å²) in [6, 6.07) is 0. The molecule has 0 radical (unpaired) electrons. The Morgan fingerprint density at radius 2 is 2.50 bits per heavy atom. The van der Waals surface area contributed by atoms with E-state index in [1.54, 1.807) is 13.0 Å². The number of nitrogens with one attached hydrogen (secondary N) is 1. The topological polar surface area (TPSA) is 68.0 Å². The van der Waals surface area contributed by atoms with Gasteiger partial charge in [0.2, 0.25) is 0 Å². The second-order valence-electron chi connectivity index (χ2n) is 2.72. The van der Waals surface area contributed by atoms with Crippen molar-refractivity contribution >= 4 is 17.2 Å². The maximum Gasteiger partial charge on any atom is 0.263 e. The zero-order chi connectivity index (χ0) is 10.6. The fourth-order valence-electron chi connectivity index (χ4n) is 0.995. The quantitative estimate of drug-likeness (QED) is 0.725. The van der Waals surface area contributed by atoms with Crippen LogP contribution >= 0.6 is 11.3 Å². The molecule has 5 heteroatoms. The summed E-state index contributed by atoms with van der Waals surface area (Å²) < 4.78 is 0. The van der Waals surface area contributed by atoms with Crippen LogP contribution in [0.4, 0.5) is 0 Å². The van der Waals surface area contributed by atoms with Crippen molar-refractivity contribution in [1.82, 2.24) is 10.3 Å². The lowest BCUT2D eigenvalue weighted by molar-refractivity contribution is 0.0961. The van der Waals surface area contributed by atoms with Gasteiger partial charge in [0.1, 0.15) is 9.88 Å². The van der Waals surface area contributed by atoms with Crippen molar-refractivity contribution in [2.45, 2.75) is 13.5 Å². The number of hydrogen-bond donors (Lipinski definition) is 2. The highest BCUT2D eigenvalue weighted by molar-refractivity contribution is 7.13. The fraction of sp³-hybridized carbons (Fsp3) is 0.333. The molecule has 0 bridgehead atoms. The van der Waals surface area contributed by atoms with Crippen molar-refractivity contribution in [3.63, 3.8) is 0 Å². The second-order valence-corrected chi connectivity index (χ2v) is 3.81. The first-order valence-corrected chi connectivity index (χ1v) is 5.06. The molecule has 0 spiro atoms. The van der Waals surface area contributed by atoms with E-state index in [4.69, 9.17) is 5.73 Å². The molecule has 0 aromatic carbocycles. The predicted octanol–water partition coefficient (Wildman–Crippen LogP) is 0.826. The molecule has 3 N–H and O–H groups in total. The van der Waals surface area contributed by atoms with E-state index in [0.717, 1.165) is 10.7 Å². The standard InChI is InChI=1S/C9H13N3OS/c1-3-4-11-9(13)8-6(2)12-7(5-10)14-8/h3H,1,4-5,10H2,2H3,(H,11,13). The number of hydrogen-bond acceptors (Lipinski definition) is 4. The molecule has 76 valence electrons. The summed E-state index contributed by atoms with van der Waals surface area (Å²) >= 11 is 1.34. The molecule has 1 rings (SSSR count). The van der Waals surface area contributed by atoms with Gasteiger partial charge in [-0.15, -0.1) is 17.9 Å². The zero-order valence-electron chi connectivity index (χ0n) is 8.04. The van der Waals surface area contributed by atoms with Gasteiger partial charge in [0.25, 0.3) is 5.91 Å². The molecule has 0 saturated heterocycles. The number of aryl methyl sites for hydroxylation is 1. The smallest absolute Gasteiger partial charge is 0.263 e. The Hall–Kier alpha value is -1.20. The van der Waals surface area contributed by atoms with Crippen molar-refractivity contribution in [3.05, 3.63) is 28.2 Å². The molecule has 14 heavy (non-hydrogen) atoms. The van der Waals surface area contributed by atoms with Crippen LogP contribution < -0.4 is 11.1 Å². The van der Waals surface area contributed by atoms with Gasteiger partial charge in [0, 0.05) is 13.1 Å². The van der Waals surface area contributed by atoms with Gasteiger partial charge < -0.3 is 11.1 Å². The third kappa shape index (κ3) is 2.40. The molecule has 0 aliphatic carbocycles. The predicted molar refractivity (Wildman–Crippen MR) is 57.3 cm³/mol. The van der Waals surface area contributed by atoms with Crippen molar-refractivity contribution < 1.29 is 4.79 Å². The van der Waals surface area contributed by atoms with Crippen LogP contribution in [0.25, 0.3) is 0 Å². The van der Waals surface area contributed by atoms with Gasteiger partial charge in [-0.05, 0) is 6.92 Å². The zero-order valence-corrected chi connectivity index (χ0v) is 8.86. The van der Waals surface area contributed by atoms with Crippen LogP contribution in [0.3, 0.4) is 0 Å². The van der Waals surface area contributed by atoms with E-state index in [1.165, 1.54) is 11.3 Å². The summed E-state index contributed by atoms with van der Waals surface area (Å²) in [5, 5.41) is 3.48. The van der Waals surface area contributed by atoms with E-state index in [-0.39, 0.29) is 5.91 Å². The number of carbonyl (C=O) groups is 1. The van der Waals surface area contributed by atoms with E-state index >= 15 is 0 Å². The number of nitrogens with zero attached hydrogens (tertiary/aromatic N) is 1. The minimum absolute atomic E-state index is 0.111. The van der Waals surface area contributed by atoms with E-state index in [9.17, 15) is 4.79 Å². The Bertz CT molecular complexity index is 346. The summed E-state index contributed by atoms with van der Waals surface area (Å²) in [6.45, 7) is 6.17. The Labute approximate surface area is 86.8 Å². The molecule has 1 aromatic heterocycles. The molecule has 4 nitrogen and oxygen atoms in total. The summed E-state index contributed by atoms with van der Waals surface area (Å²) in [5.74, 6) is -0.111. The van der Waals surface area contributed by atoms with Gasteiger partial charge in [-0.2, -0.15) is 0 Å². The van der Waals surface area contributed by atoms with Gasteiger partial charge in [-0.25, -0.2) is 4.98 Å². The maximum atomic E-state index is 11.5.